The molecule has 1 aromatic heterocycles. The minimum atomic E-state index is -2.72. The third-order valence-electron chi connectivity index (χ3n) is 1.23. The van der Waals surface area contributed by atoms with Crippen molar-refractivity contribution in [3.05, 3.63) is 28.7 Å². The van der Waals surface area contributed by atoms with E-state index < -0.39 is 32.1 Å². The van der Waals surface area contributed by atoms with Gasteiger partial charge in [-0.2, -0.15) is 0 Å². The van der Waals surface area contributed by atoms with Crippen LogP contribution in [0, 0.1) is 27.5 Å². The van der Waals surface area contributed by atoms with Crippen molar-refractivity contribution in [2.75, 3.05) is 0 Å². The fourth-order valence-electron chi connectivity index (χ4n) is 0.578. The first kappa shape index (κ1) is 1.84. The van der Waals surface area contributed by atoms with E-state index in [1.54, 1.807) is 0 Å². The summed E-state index contributed by atoms with van der Waals surface area (Å²) >= 11 is 0. The third-order valence-corrected chi connectivity index (χ3v) is 1.23. The van der Waals surface area contributed by atoms with Crippen LogP contribution in [0.1, 0.15) is 35.0 Å². The van der Waals surface area contributed by atoms with E-state index in [4.69, 9.17) is 16.8 Å². The summed E-state index contributed by atoms with van der Waals surface area (Å²) in [6.45, 7) is -6.75. The van der Waals surface area contributed by atoms with E-state index in [2.05, 4.69) is 0 Å². The lowest BCUT2D eigenvalue weighted by Crippen LogP contribution is -1.86. The van der Waals surface area contributed by atoms with Crippen LogP contribution in [0.5, 0.6) is 0 Å². The molecule has 0 fully saturated rings. The normalized spacial score (nSPS) is 27.1. The summed E-state index contributed by atoms with van der Waals surface area (Å²) in [4.78, 5) is 0. The minimum absolute atomic E-state index is 0.0759. The Morgan fingerprint density at radius 3 is 2.90 bits per heavy atom. The van der Waals surface area contributed by atoms with E-state index in [1.807, 2.05) is 0 Å². The average molecular weight is 146 g/mol. The zero-order chi connectivity index (χ0) is 15.2. The van der Waals surface area contributed by atoms with Gasteiger partial charge in [-0.05, 0) is 19.3 Å². The summed E-state index contributed by atoms with van der Waals surface area (Å²) < 4.78 is 70.4. The molecule has 0 aliphatic heterocycles. The Morgan fingerprint density at radius 1 is 1.40 bits per heavy atom. The maximum Gasteiger partial charge on any atom is 0.329 e. The molecular formula is C9H13O+. The van der Waals surface area contributed by atoms with Gasteiger partial charge in [0.2, 0.25) is 0 Å². The van der Waals surface area contributed by atoms with Crippen molar-refractivity contribution in [2.45, 2.75) is 27.5 Å². The molecule has 0 unspecified atom stereocenters. The Morgan fingerprint density at radius 2 is 2.30 bits per heavy atom. The van der Waals surface area contributed by atoms with Crippen LogP contribution < -0.4 is 0 Å². The Labute approximate surface area is 74.3 Å². The minimum Gasteiger partial charge on any atom is -0.218 e. The Hall–Kier alpha value is -0.850. The summed E-state index contributed by atoms with van der Waals surface area (Å²) in [7, 11) is 0. The SMILES string of the molecule is [2H]C([2H])([2H])c1cc(C([2H])([2H])[2H])c(C)c(C([2H])([2H])[2H])[o+]1. The molecule has 0 bridgehead atoms. The highest BCUT2D eigenvalue weighted by molar-refractivity contribution is 5.26. The van der Waals surface area contributed by atoms with E-state index in [0.29, 0.717) is 0 Å². The van der Waals surface area contributed by atoms with Crippen molar-refractivity contribution < 1.29 is 16.8 Å². The van der Waals surface area contributed by atoms with Crippen LogP contribution >= 0.6 is 0 Å². The molecule has 0 radical (unpaired) electrons. The number of aryl methyl sites for hydroxylation is 3. The monoisotopic (exact) mass is 146 g/mol. The summed E-state index contributed by atoms with van der Waals surface area (Å²) in [5.41, 5.74) is -0.399. The molecule has 10 heavy (non-hydrogen) atoms. The molecule has 54 valence electrons. The zero-order valence-electron chi connectivity index (χ0n) is 14.5. The standard InChI is InChI=1S/C9H13O/c1-6-5-7(2)10-9(4)8(6)3/h5H,1-4H3/q+1/i1D3,2D3,4D3. The molecule has 0 aromatic carbocycles. The van der Waals surface area contributed by atoms with Gasteiger partial charge in [0, 0.05) is 18.4 Å². The summed E-state index contributed by atoms with van der Waals surface area (Å²) in [6, 6.07) is 0.880. The first-order valence-electron chi connectivity index (χ1n) is 7.24. The van der Waals surface area contributed by atoms with Crippen molar-refractivity contribution in [3.63, 3.8) is 0 Å². The molecule has 1 heteroatoms. The molecule has 1 heterocycles. The summed E-state index contributed by atoms with van der Waals surface area (Å²) in [5.74, 6) is -1.25. The van der Waals surface area contributed by atoms with Crippen LogP contribution in [0.3, 0.4) is 0 Å². The molecule has 0 saturated carbocycles. The number of rotatable bonds is 0. The van der Waals surface area contributed by atoms with Crippen LogP contribution in [0.15, 0.2) is 10.5 Å². The van der Waals surface area contributed by atoms with Crippen LogP contribution in [0.4, 0.5) is 0 Å². The molecule has 0 amide bonds. The van der Waals surface area contributed by atoms with E-state index in [9.17, 15) is 0 Å². The second-order valence-electron chi connectivity index (χ2n) is 1.98. The maximum atomic E-state index is 7.34. The van der Waals surface area contributed by atoms with Gasteiger partial charge in [0.05, 0.1) is 19.3 Å². The second-order valence-corrected chi connectivity index (χ2v) is 1.98. The molecule has 0 aliphatic rings. The van der Waals surface area contributed by atoms with Crippen molar-refractivity contribution in [3.8, 4) is 0 Å². The molecule has 0 N–H and O–H groups in total. The van der Waals surface area contributed by atoms with Crippen molar-refractivity contribution >= 4 is 0 Å². The van der Waals surface area contributed by atoms with Crippen LogP contribution in [-0.2, 0) is 0 Å². The molecule has 1 nitrogen and oxygen atoms in total. The first-order chi connectivity index (χ1) is 8.24. The quantitative estimate of drug-likeness (QED) is 0.512. The van der Waals surface area contributed by atoms with Gasteiger partial charge in [-0.3, -0.25) is 0 Å². The topological polar surface area (TPSA) is 11.3 Å². The Kier molecular flexibility index (Phi) is 0.445. The molecule has 0 aliphatic carbocycles. The van der Waals surface area contributed by atoms with Gasteiger partial charge in [-0.25, -0.2) is 4.42 Å². The fraction of sp³-hybridized carbons (Fsp3) is 0.444. The molecule has 0 atom stereocenters. The lowest BCUT2D eigenvalue weighted by atomic mass is 10.1. The van der Waals surface area contributed by atoms with Gasteiger partial charge in [-0.1, -0.05) is 0 Å². The lowest BCUT2D eigenvalue weighted by Gasteiger charge is -1.93. The third kappa shape index (κ3) is 1.18. The van der Waals surface area contributed by atoms with Gasteiger partial charge >= 0.3 is 11.5 Å². The predicted molar refractivity (Wildman–Crippen MR) is 42.1 cm³/mol. The van der Waals surface area contributed by atoms with Crippen LogP contribution in [0.2, 0.25) is 0 Å². The first-order valence-corrected chi connectivity index (χ1v) is 2.74. The highest BCUT2D eigenvalue weighted by Gasteiger charge is 2.10. The van der Waals surface area contributed by atoms with E-state index in [0.717, 1.165) is 6.07 Å². The molecule has 0 spiro atoms. The van der Waals surface area contributed by atoms with Crippen molar-refractivity contribution in [1.29, 1.82) is 0 Å². The second kappa shape index (κ2) is 2.41. The lowest BCUT2D eigenvalue weighted by molar-refractivity contribution is 0.480. The highest BCUT2D eigenvalue weighted by atomic mass is 16.3. The fourth-order valence-corrected chi connectivity index (χ4v) is 0.578. The van der Waals surface area contributed by atoms with Gasteiger partial charge in [-0.15, -0.1) is 0 Å². The van der Waals surface area contributed by atoms with Crippen molar-refractivity contribution in [2.24, 2.45) is 0 Å². The largest absolute Gasteiger partial charge is 0.329 e. The van der Waals surface area contributed by atoms with Crippen molar-refractivity contribution in [1.82, 2.24) is 0 Å². The maximum absolute atomic E-state index is 7.34. The van der Waals surface area contributed by atoms with Crippen LogP contribution in [0.25, 0.3) is 0 Å². The summed E-state index contributed by atoms with van der Waals surface area (Å²) in [6.07, 6.45) is 0. The van der Waals surface area contributed by atoms with Crippen LogP contribution in [-0.4, -0.2) is 0 Å². The van der Waals surface area contributed by atoms with E-state index in [-0.39, 0.29) is 11.1 Å². The molecular weight excluding hydrogens is 124 g/mol. The zero-order valence-corrected chi connectivity index (χ0v) is 5.49. The van der Waals surface area contributed by atoms with Gasteiger partial charge < -0.3 is 0 Å². The van der Waals surface area contributed by atoms with Gasteiger partial charge in [0.1, 0.15) is 0 Å². The van der Waals surface area contributed by atoms with E-state index >= 15 is 0 Å². The van der Waals surface area contributed by atoms with E-state index in [1.165, 1.54) is 6.92 Å². The number of hydrogen-bond acceptors (Lipinski definition) is 0. The smallest absolute Gasteiger partial charge is 0.218 e. The molecule has 1 aromatic rings. The Balaban J connectivity index is 3.68. The molecule has 1 rings (SSSR count). The highest BCUT2D eigenvalue weighted by Crippen LogP contribution is 2.13. The Bertz CT molecular complexity index is 445. The predicted octanol–water partition coefficient (Wildman–Crippen LogP) is 2.79. The van der Waals surface area contributed by atoms with Gasteiger partial charge in [0.25, 0.3) is 0 Å². The molecule has 0 saturated heterocycles. The average Bonchev–Trinajstić information content (AvgIpc) is 2.11. The number of hydrogen-bond donors (Lipinski definition) is 0. The summed E-state index contributed by atoms with van der Waals surface area (Å²) in [5, 5.41) is 0. The van der Waals surface area contributed by atoms with Gasteiger partial charge in [0.15, 0.2) is 0 Å².